The van der Waals surface area contributed by atoms with E-state index in [1.807, 2.05) is 29.0 Å². The van der Waals surface area contributed by atoms with Crippen LogP contribution in [0.1, 0.15) is 13.8 Å². The molecule has 0 spiro atoms. The predicted octanol–water partition coefficient (Wildman–Crippen LogP) is 3.16. The van der Waals surface area contributed by atoms with Gasteiger partial charge in [-0.05, 0) is 36.2 Å². The summed E-state index contributed by atoms with van der Waals surface area (Å²) in [5.41, 5.74) is 1.93. The first kappa shape index (κ1) is 19.2. The van der Waals surface area contributed by atoms with Crippen LogP contribution in [0.15, 0.2) is 64.4 Å². The van der Waals surface area contributed by atoms with E-state index in [0.717, 1.165) is 16.5 Å². The Kier molecular flexibility index (Phi) is 4.64. The molecule has 2 heterocycles. The molecule has 0 saturated carbocycles. The number of hydrogen-bond donors (Lipinski definition) is 2. The summed E-state index contributed by atoms with van der Waals surface area (Å²) in [6, 6.07) is 8.94. The molecule has 9 heteroatoms. The van der Waals surface area contributed by atoms with Crippen LogP contribution in [0.3, 0.4) is 0 Å². The van der Waals surface area contributed by atoms with Gasteiger partial charge in [-0.2, -0.15) is 4.72 Å². The molecule has 150 valence electrons. The zero-order chi connectivity index (χ0) is 20.8. The predicted molar refractivity (Wildman–Crippen MR) is 107 cm³/mol. The summed E-state index contributed by atoms with van der Waals surface area (Å²) in [6.45, 7) is 3.28. The molecule has 0 aliphatic carbocycles. The van der Waals surface area contributed by atoms with E-state index in [9.17, 15) is 18.3 Å². The highest BCUT2D eigenvalue weighted by Crippen LogP contribution is 2.32. The van der Waals surface area contributed by atoms with Crippen molar-refractivity contribution in [3.8, 4) is 5.69 Å². The fourth-order valence-corrected chi connectivity index (χ4v) is 4.54. The number of furan rings is 1. The molecule has 8 nitrogen and oxygen atoms in total. The van der Waals surface area contributed by atoms with E-state index < -0.39 is 28.0 Å². The van der Waals surface area contributed by atoms with Crippen molar-refractivity contribution in [2.75, 3.05) is 0 Å². The summed E-state index contributed by atoms with van der Waals surface area (Å²) in [7, 11) is -4.03. The van der Waals surface area contributed by atoms with E-state index in [-0.39, 0.29) is 4.90 Å². The number of aromatic nitrogens is 2. The molecule has 0 bridgehead atoms. The fourth-order valence-electron chi connectivity index (χ4n) is 3.19. The van der Waals surface area contributed by atoms with Crippen molar-refractivity contribution in [1.82, 2.24) is 14.3 Å². The van der Waals surface area contributed by atoms with Crippen LogP contribution in [0.4, 0.5) is 0 Å². The molecule has 0 unspecified atom stereocenters. The van der Waals surface area contributed by atoms with Gasteiger partial charge in [0.2, 0.25) is 10.0 Å². The van der Waals surface area contributed by atoms with Crippen molar-refractivity contribution in [2.24, 2.45) is 5.92 Å². The minimum absolute atomic E-state index is 0.0502. The van der Waals surface area contributed by atoms with Crippen LogP contribution in [0, 0.1) is 5.92 Å². The number of fused-ring (bicyclic) bond motifs is 3. The number of carboxylic acids is 1. The van der Waals surface area contributed by atoms with Gasteiger partial charge in [-0.15, -0.1) is 0 Å². The Bertz CT molecular complexity index is 1310. The zero-order valence-electron chi connectivity index (χ0n) is 15.7. The highest BCUT2D eigenvalue weighted by molar-refractivity contribution is 7.89. The Morgan fingerprint density at radius 3 is 2.59 bits per heavy atom. The van der Waals surface area contributed by atoms with Gasteiger partial charge in [0.15, 0.2) is 0 Å². The topological polar surface area (TPSA) is 114 Å². The van der Waals surface area contributed by atoms with Gasteiger partial charge >= 0.3 is 5.97 Å². The largest absolute Gasteiger partial charge is 0.480 e. The second kappa shape index (κ2) is 7.02. The lowest BCUT2D eigenvalue weighted by molar-refractivity contribution is -0.140. The highest BCUT2D eigenvalue weighted by Gasteiger charge is 2.28. The number of aliphatic carboxylic acids is 1. The molecule has 0 radical (unpaired) electrons. The minimum Gasteiger partial charge on any atom is -0.480 e. The maximum Gasteiger partial charge on any atom is 0.322 e. The third kappa shape index (κ3) is 3.50. The molecule has 2 N–H and O–H groups in total. The van der Waals surface area contributed by atoms with Gasteiger partial charge in [0.05, 0.1) is 11.2 Å². The monoisotopic (exact) mass is 413 g/mol. The van der Waals surface area contributed by atoms with Crippen LogP contribution in [0.2, 0.25) is 0 Å². The summed E-state index contributed by atoms with van der Waals surface area (Å²) < 4.78 is 35.3. The average Bonchev–Trinajstić information content (AvgIpc) is 3.32. The summed E-state index contributed by atoms with van der Waals surface area (Å²) in [5, 5.41) is 10.9. The quantitative estimate of drug-likeness (QED) is 0.502. The van der Waals surface area contributed by atoms with Crippen molar-refractivity contribution >= 4 is 37.9 Å². The van der Waals surface area contributed by atoms with Crippen molar-refractivity contribution < 1.29 is 22.7 Å². The molecule has 0 amide bonds. The van der Waals surface area contributed by atoms with Crippen LogP contribution < -0.4 is 4.72 Å². The Morgan fingerprint density at radius 1 is 1.14 bits per heavy atom. The second-order valence-electron chi connectivity index (χ2n) is 7.09. The molecular formula is C20H19N3O5S. The normalized spacial score (nSPS) is 13.3. The van der Waals surface area contributed by atoms with Crippen LogP contribution >= 0.6 is 0 Å². The summed E-state index contributed by atoms with van der Waals surface area (Å²) in [5.74, 6) is -1.63. The molecule has 0 fully saturated rings. The number of nitrogens with one attached hydrogen (secondary N) is 1. The molecule has 4 rings (SSSR count). The van der Waals surface area contributed by atoms with Gasteiger partial charge in [0.25, 0.3) is 0 Å². The lowest BCUT2D eigenvalue weighted by Crippen LogP contribution is -2.44. The van der Waals surface area contributed by atoms with E-state index in [0.29, 0.717) is 11.2 Å². The number of carboxylic acid groups (broad SMARTS) is 1. The molecule has 2 aromatic carbocycles. The Hall–Kier alpha value is -3.17. The molecule has 0 aliphatic rings. The van der Waals surface area contributed by atoms with Gasteiger partial charge in [0, 0.05) is 34.9 Å². The zero-order valence-corrected chi connectivity index (χ0v) is 16.6. The summed E-state index contributed by atoms with van der Waals surface area (Å²) in [4.78, 5) is 15.3. The molecule has 1 atom stereocenters. The summed E-state index contributed by atoms with van der Waals surface area (Å²) in [6.07, 6.45) is 5.20. The van der Waals surface area contributed by atoms with E-state index in [1.165, 1.54) is 12.1 Å². The SMILES string of the molecule is CC(C)[C@H](NS(=O)(=O)c1ccc2c(c1)oc1ccc(-n3ccnc3)cc12)C(=O)O. The third-order valence-corrected chi connectivity index (χ3v) is 6.19. The van der Waals surface area contributed by atoms with Crippen LogP contribution in [0.5, 0.6) is 0 Å². The Balaban J connectivity index is 1.76. The fraction of sp³-hybridized carbons (Fsp3) is 0.200. The maximum atomic E-state index is 12.7. The molecular weight excluding hydrogens is 394 g/mol. The maximum absolute atomic E-state index is 12.7. The molecule has 0 aliphatic heterocycles. The van der Waals surface area contributed by atoms with Crippen LogP contribution in [-0.2, 0) is 14.8 Å². The van der Waals surface area contributed by atoms with E-state index >= 15 is 0 Å². The second-order valence-corrected chi connectivity index (χ2v) is 8.81. The van der Waals surface area contributed by atoms with Crippen molar-refractivity contribution in [3.05, 3.63) is 55.1 Å². The number of hydrogen-bond acceptors (Lipinski definition) is 5. The molecule has 4 aromatic rings. The number of rotatable bonds is 6. The summed E-state index contributed by atoms with van der Waals surface area (Å²) >= 11 is 0. The smallest absolute Gasteiger partial charge is 0.322 e. The minimum atomic E-state index is -4.03. The lowest BCUT2D eigenvalue weighted by atomic mass is 10.1. The number of benzene rings is 2. The standard InChI is InChI=1S/C20H19N3O5S/c1-12(2)19(20(24)25)22-29(26,27)14-4-5-15-16-9-13(23-8-7-21-11-23)3-6-17(16)28-18(15)10-14/h3-12,19,22H,1-2H3,(H,24,25)/t19-/m0/s1. The van der Waals surface area contributed by atoms with Crippen LogP contribution in [-0.4, -0.2) is 35.1 Å². The lowest BCUT2D eigenvalue weighted by Gasteiger charge is -2.17. The molecule has 0 saturated heterocycles. The van der Waals surface area contributed by atoms with E-state index in [4.69, 9.17) is 4.42 Å². The first-order chi connectivity index (χ1) is 13.8. The van der Waals surface area contributed by atoms with Gasteiger partial charge < -0.3 is 14.1 Å². The van der Waals surface area contributed by atoms with E-state index in [1.54, 1.807) is 32.4 Å². The first-order valence-corrected chi connectivity index (χ1v) is 10.4. The number of nitrogens with zero attached hydrogens (tertiary/aromatic N) is 2. The van der Waals surface area contributed by atoms with Gasteiger partial charge in [0.1, 0.15) is 17.2 Å². The van der Waals surface area contributed by atoms with E-state index in [2.05, 4.69) is 9.71 Å². The number of carbonyl (C=O) groups is 1. The van der Waals surface area contributed by atoms with Crippen LogP contribution in [0.25, 0.3) is 27.6 Å². The first-order valence-electron chi connectivity index (χ1n) is 8.96. The molecule has 2 aromatic heterocycles. The Labute approximate surface area is 166 Å². The number of sulfonamides is 1. The van der Waals surface area contributed by atoms with Crippen molar-refractivity contribution in [3.63, 3.8) is 0 Å². The van der Waals surface area contributed by atoms with Gasteiger partial charge in [-0.1, -0.05) is 13.8 Å². The number of imidazole rings is 1. The molecule has 29 heavy (non-hydrogen) atoms. The Morgan fingerprint density at radius 2 is 1.93 bits per heavy atom. The van der Waals surface area contributed by atoms with Gasteiger partial charge in [-0.25, -0.2) is 13.4 Å². The van der Waals surface area contributed by atoms with Gasteiger partial charge in [-0.3, -0.25) is 4.79 Å². The average molecular weight is 413 g/mol. The van der Waals surface area contributed by atoms with Crippen molar-refractivity contribution in [1.29, 1.82) is 0 Å². The highest BCUT2D eigenvalue weighted by atomic mass is 32.2. The third-order valence-electron chi connectivity index (χ3n) is 4.75. The van der Waals surface area contributed by atoms with Crippen molar-refractivity contribution in [2.45, 2.75) is 24.8 Å².